The molecule has 0 aromatic rings. The van der Waals surface area contributed by atoms with E-state index in [-0.39, 0.29) is 18.9 Å². The van der Waals surface area contributed by atoms with Crippen molar-refractivity contribution in [2.75, 3.05) is 26.4 Å². The Balaban J connectivity index is 1.40. The highest BCUT2D eigenvalue weighted by Gasteiger charge is 2.54. The Morgan fingerprint density at radius 1 is 0.360 bits per heavy atom. The van der Waals surface area contributed by atoms with Crippen LogP contribution in [0.3, 0.4) is 0 Å². The molecule has 0 spiro atoms. The molecule has 1 amide bonds. The van der Waals surface area contributed by atoms with Gasteiger partial charge in [-0.15, -0.1) is 0 Å². The van der Waals surface area contributed by atoms with Gasteiger partial charge in [-0.25, -0.2) is 0 Å². The topological polar surface area (TPSA) is 307 Å². The SMILES string of the molecule is CCCCCCC/C=C\C/C=C\C/C=C\CCCCCCCCCCCCCCCCC(=O)NC(COC1OC(CO)C(OC2OC(CO)C(OC3OC(CO)C(O)C(O)C3O)C(O)C2O)C(O)C1O)C(O)/C=C/CC/C=C/CC/C=C/CCCCCCCCCCCCCCCCCC. The van der Waals surface area contributed by atoms with Crippen LogP contribution in [0.25, 0.3) is 0 Å². The van der Waals surface area contributed by atoms with Gasteiger partial charge in [0.15, 0.2) is 18.9 Å². The van der Waals surface area contributed by atoms with Crippen molar-refractivity contribution < 1.29 is 89.4 Å². The van der Waals surface area contributed by atoms with Crippen molar-refractivity contribution in [3.8, 4) is 0 Å². The van der Waals surface area contributed by atoms with Crippen molar-refractivity contribution in [3.63, 3.8) is 0 Å². The number of carbonyl (C=O) groups is 1. The van der Waals surface area contributed by atoms with E-state index in [4.69, 9.17) is 28.4 Å². The molecule has 0 saturated carbocycles. The van der Waals surface area contributed by atoms with Crippen LogP contribution in [0.4, 0.5) is 0 Å². The van der Waals surface area contributed by atoms with Gasteiger partial charge < -0.3 is 89.9 Å². The van der Waals surface area contributed by atoms with Gasteiger partial charge >= 0.3 is 0 Å². The number of amides is 1. The monoisotopic (exact) mass is 1420 g/mol. The largest absolute Gasteiger partial charge is 0.394 e. The number of hydrogen-bond donors (Lipinski definition) is 12. The molecule has 3 rings (SSSR count). The minimum atomic E-state index is -1.99. The fourth-order valence-electron chi connectivity index (χ4n) is 13.2. The van der Waals surface area contributed by atoms with Crippen LogP contribution in [0, 0.1) is 0 Å². The van der Waals surface area contributed by atoms with Crippen LogP contribution in [-0.4, -0.2) is 193 Å². The number of aliphatic hydroxyl groups is 11. The van der Waals surface area contributed by atoms with E-state index in [1.54, 1.807) is 6.08 Å². The lowest BCUT2D eigenvalue weighted by Crippen LogP contribution is -2.66. The quantitative estimate of drug-likeness (QED) is 0.0199. The lowest BCUT2D eigenvalue weighted by molar-refractivity contribution is -0.379. The Labute approximate surface area is 604 Å². The number of rotatable bonds is 63. The van der Waals surface area contributed by atoms with Crippen molar-refractivity contribution in [1.82, 2.24) is 5.32 Å². The van der Waals surface area contributed by atoms with Gasteiger partial charge in [0, 0.05) is 6.42 Å². The molecular weight excluding hydrogens is 1270 g/mol. The highest BCUT2D eigenvalue weighted by Crippen LogP contribution is 2.33. The summed E-state index contributed by atoms with van der Waals surface area (Å²) in [5.41, 5.74) is 0. The Morgan fingerprint density at radius 3 is 1.07 bits per heavy atom. The molecule has 0 bridgehead atoms. The van der Waals surface area contributed by atoms with Gasteiger partial charge in [0.2, 0.25) is 5.91 Å². The van der Waals surface area contributed by atoms with Crippen LogP contribution in [0.1, 0.15) is 303 Å². The van der Waals surface area contributed by atoms with E-state index >= 15 is 0 Å². The number of hydrogen-bond acceptors (Lipinski definition) is 18. The Morgan fingerprint density at radius 2 is 0.670 bits per heavy atom. The van der Waals surface area contributed by atoms with Gasteiger partial charge in [-0.3, -0.25) is 4.79 Å². The zero-order chi connectivity index (χ0) is 72.5. The first-order valence-corrected chi connectivity index (χ1v) is 40.2. The van der Waals surface area contributed by atoms with Crippen molar-refractivity contribution >= 4 is 5.91 Å². The standard InChI is InChI=1S/C81H145NO18/c1-3-5-7-9-11-13-15-17-19-21-23-25-27-29-31-32-33-35-37-39-41-43-45-47-49-51-53-55-57-59-69(87)82-64(65(86)58-56-54-52-50-48-46-44-42-40-38-36-34-30-28-26-24-22-20-18-16-14-12-10-8-6-4-2)63-95-79-75(93)72(90)77(67(61-84)97-79)100-81-76(94)73(91)78(68(62-85)98-81)99-80-74(92)71(89)70(88)66(60-83)96-80/h15,17,21,23,27,29,40,42,48,50,56,58,64-68,70-81,83-86,88-94H,3-14,16,18-20,22,24-26,28,30-39,41,43-47,49,51-55,57,59-63H2,1-2H3,(H,82,87)/b17-15-,23-21-,29-27-,42-40+,50-48+,58-56+. The van der Waals surface area contributed by atoms with Crippen molar-refractivity contribution in [1.29, 1.82) is 0 Å². The number of aliphatic hydroxyl groups excluding tert-OH is 11. The summed E-state index contributed by atoms with van der Waals surface area (Å²) in [5.74, 6) is -0.289. The third-order valence-electron chi connectivity index (χ3n) is 19.7. The molecule has 3 aliphatic heterocycles. The van der Waals surface area contributed by atoms with Crippen LogP contribution in [0.2, 0.25) is 0 Å². The molecule has 0 radical (unpaired) electrons. The van der Waals surface area contributed by atoms with Crippen LogP contribution >= 0.6 is 0 Å². The third kappa shape index (κ3) is 41.2. The summed E-state index contributed by atoms with van der Waals surface area (Å²) < 4.78 is 34.4. The van der Waals surface area contributed by atoms with Crippen molar-refractivity contribution in [2.24, 2.45) is 0 Å². The fourth-order valence-corrected chi connectivity index (χ4v) is 13.2. The maximum atomic E-state index is 13.5. The first kappa shape index (κ1) is 91.4. The molecule has 19 heteroatoms. The van der Waals surface area contributed by atoms with Gasteiger partial charge in [-0.1, -0.05) is 286 Å². The van der Waals surface area contributed by atoms with Gasteiger partial charge in [-0.2, -0.15) is 0 Å². The first-order valence-electron chi connectivity index (χ1n) is 40.2. The zero-order valence-corrected chi connectivity index (χ0v) is 62.2. The van der Waals surface area contributed by atoms with Gasteiger partial charge in [-0.05, 0) is 83.5 Å². The fraction of sp³-hybridized carbons (Fsp3) is 0.840. The van der Waals surface area contributed by atoms with Crippen LogP contribution in [0.15, 0.2) is 72.9 Å². The van der Waals surface area contributed by atoms with E-state index in [0.29, 0.717) is 12.8 Å². The zero-order valence-electron chi connectivity index (χ0n) is 62.2. The maximum Gasteiger partial charge on any atom is 0.220 e. The van der Waals surface area contributed by atoms with Crippen LogP contribution in [-0.2, 0) is 33.2 Å². The van der Waals surface area contributed by atoms with Gasteiger partial charge in [0.1, 0.15) is 73.2 Å². The predicted octanol–water partition coefficient (Wildman–Crippen LogP) is 13.2. The average Bonchev–Trinajstić information content (AvgIpc) is 0.783. The third-order valence-corrected chi connectivity index (χ3v) is 19.7. The molecule has 100 heavy (non-hydrogen) atoms. The maximum absolute atomic E-state index is 13.5. The molecule has 0 aromatic heterocycles. The molecule has 582 valence electrons. The minimum absolute atomic E-state index is 0.229. The minimum Gasteiger partial charge on any atom is -0.394 e. The van der Waals surface area contributed by atoms with E-state index in [1.807, 2.05) is 6.08 Å². The highest BCUT2D eigenvalue weighted by atomic mass is 16.8. The Kier molecular flexibility index (Phi) is 56.1. The summed E-state index contributed by atoms with van der Waals surface area (Å²) in [6, 6.07) is -1.00. The summed E-state index contributed by atoms with van der Waals surface area (Å²) in [4.78, 5) is 13.5. The smallest absolute Gasteiger partial charge is 0.220 e. The highest BCUT2D eigenvalue weighted by molar-refractivity contribution is 5.76. The lowest BCUT2D eigenvalue weighted by Gasteiger charge is -2.48. The number of allylic oxidation sites excluding steroid dienone is 11. The number of nitrogens with one attached hydrogen (secondary N) is 1. The molecule has 3 heterocycles. The number of ether oxygens (including phenoxy) is 6. The normalized spacial score (nSPS) is 26.8. The second-order valence-electron chi connectivity index (χ2n) is 28.5. The predicted molar refractivity (Wildman–Crippen MR) is 397 cm³/mol. The lowest BCUT2D eigenvalue weighted by atomic mass is 9.96. The summed E-state index contributed by atoms with van der Waals surface area (Å²) in [6.07, 6.45) is 53.1. The molecule has 17 unspecified atom stereocenters. The van der Waals surface area contributed by atoms with Gasteiger partial charge in [0.25, 0.3) is 0 Å². The average molecular weight is 1420 g/mol. The van der Waals surface area contributed by atoms with E-state index in [0.717, 1.165) is 57.8 Å². The molecule has 17 atom stereocenters. The van der Waals surface area contributed by atoms with Crippen LogP contribution in [0.5, 0.6) is 0 Å². The van der Waals surface area contributed by atoms with E-state index < -0.39 is 124 Å². The molecule has 3 saturated heterocycles. The summed E-state index contributed by atoms with van der Waals surface area (Å²) in [5, 5.41) is 121. The van der Waals surface area contributed by atoms with Crippen LogP contribution < -0.4 is 5.32 Å². The van der Waals surface area contributed by atoms with E-state index in [2.05, 4.69) is 79.9 Å². The number of unbranched alkanes of at least 4 members (excludes halogenated alkanes) is 37. The summed E-state index contributed by atoms with van der Waals surface area (Å²) >= 11 is 0. The molecule has 0 aromatic carbocycles. The molecule has 12 N–H and O–H groups in total. The molecule has 3 aliphatic rings. The van der Waals surface area contributed by atoms with E-state index in [9.17, 15) is 61.0 Å². The first-order chi connectivity index (χ1) is 48.8. The molecule has 19 nitrogen and oxygen atoms in total. The van der Waals surface area contributed by atoms with Crippen molar-refractivity contribution in [2.45, 2.75) is 407 Å². The van der Waals surface area contributed by atoms with Crippen molar-refractivity contribution in [3.05, 3.63) is 72.9 Å². The molecule has 3 fully saturated rings. The molecule has 0 aliphatic carbocycles. The Hall–Kier alpha value is -2.77. The summed E-state index contributed by atoms with van der Waals surface area (Å²) in [7, 11) is 0. The molecular formula is C81H145NO18. The second-order valence-corrected chi connectivity index (χ2v) is 28.5. The Bertz CT molecular complexity index is 2090. The second kappa shape index (κ2) is 61.4. The number of carbonyl (C=O) groups excluding carboxylic acids is 1. The summed E-state index contributed by atoms with van der Waals surface area (Å²) in [6.45, 7) is 1.73. The van der Waals surface area contributed by atoms with E-state index in [1.165, 1.54) is 212 Å². The van der Waals surface area contributed by atoms with Gasteiger partial charge in [0.05, 0.1) is 38.6 Å².